The van der Waals surface area contributed by atoms with E-state index in [4.69, 9.17) is 29.6 Å². The van der Waals surface area contributed by atoms with Crippen LogP contribution in [0.5, 0.6) is 0 Å². The number of nitrogens with one attached hydrogen (secondary N) is 1. The standard InChI is InChI=1S/C12H17ClN2O2S2/c1-7(2)8(3)15-19(16,17)11-6-9(12(14)18)4-5-10(11)13/h4-8,15H,1-3H3,(H2,14,18). The zero-order chi connectivity index (χ0) is 14.8. The van der Waals surface area contributed by atoms with Crippen LogP contribution in [0.3, 0.4) is 0 Å². The van der Waals surface area contributed by atoms with Gasteiger partial charge in [0.05, 0.1) is 5.02 Å². The van der Waals surface area contributed by atoms with E-state index in [0.29, 0.717) is 5.56 Å². The van der Waals surface area contributed by atoms with Gasteiger partial charge in [0.1, 0.15) is 9.88 Å². The number of benzene rings is 1. The molecule has 0 aliphatic carbocycles. The molecule has 1 aromatic rings. The van der Waals surface area contributed by atoms with Crippen LogP contribution >= 0.6 is 23.8 Å². The highest BCUT2D eigenvalue weighted by atomic mass is 35.5. The third-order valence-electron chi connectivity index (χ3n) is 2.85. The molecule has 0 aromatic heterocycles. The molecule has 1 rings (SSSR count). The number of thiocarbonyl (C=S) groups is 1. The molecule has 3 N–H and O–H groups in total. The highest BCUT2D eigenvalue weighted by Gasteiger charge is 2.22. The number of hydrogen-bond acceptors (Lipinski definition) is 3. The molecule has 1 unspecified atom stereocenters. The van der Waals surface area contributed by atoms with E-state index in [1.165, 1.54) is 12.1 Å². The first-order chi connectivity index (χ1) is 8.65. The lowest BCUT2D eigenvalue weighted by molar-refractivity contribution is 0.476. The Morgan fingerprint density at radius 1 is 1.37 bits per heavy atom. The molecule has 0 amide bonds. The van der Waals surface area contributed by atoms with Crippen LogP contribution in [0.25, 0.3) is 0 Å². The van der Waals surface area contributed by atoms with Gasteiger partial charge in [-0.15, -0.1) is 0 Å². The predicted octanol–water partition coefficient (Wildman–Crippen LogP) is 2.30. The van der Waals surface area contributed by atoms with Gasteiger partial charge in [-0.1, -0.05) is 43.7 Å². The molecule has 0 bridgehead atoms. The average molecular weight is 321 g/mol. The molecule has 1 aromatic carbocycles. The van der Waals surface area contributed by atoms with Gasteiger partial charge in [-0.25, -0.2) is 13.1 Å². The lowest BCUT2D eigenvalue weighted by atomic mass is 10.1. The summed E-state index contributed by atoms with van der Waals surface area (Å²) in [5.74, 6) is 0.173. The van der Waals surface area contributed by atoms with E-state index in [0.717, 1.165) is 0 Å². The summed E-state index contributed by atoms with van der Waals surface area (Å²) in [6.45, 7) is 5.66. The molecule has 0 heterocycles. The molecule has 0 spiro atoms. The fourth-order valence-electron chi connectivity index (χ4n) is 1.31. The lowest BCUT2D eigenvalue weighted by Gasteiger charge is -2.18. The van der Waals surface area contributed by atoms with E-state index in [-0.39, 0.29) is 26.9 Å². The van der Waals surface area contributed by atoms with Gasteiger partial charge in [0.15, 0.2) is 0 Å². The summed E-state index contributed by atoms with van der Waals surface area (Å²) in [7, 11) is -3.69. The Morgan fingerprint density at radius 3 is 2.42 bits per heavy atom. The van der Waals surface area contributed by atoms with E-state index >= 15 is 0 Å². The lowest BCUT2D eigenvalue weighted by Crippen LogP contribution is -2.36. The van der Waals surface area contributed by atoms with Gasteiger partial charge < -0.3 is 5.73 Å². The van der Waals surface area contributed by atoms with Crippen molar-refractivity contribution >= 4 is 38.8 Å². The Hall–Kier alpha value is -0.690. The molecule has 7 heteroatoms. The molecule has 106 valence electrons. The maximum absolute atomic E-state index is 12.3. The highest BCUT2D eigenvalue weighted by molar-refractivity contribution is 7.89. The average Bonchev–Trinajstić information content (AvgIpc) is 2.28. The molecule has 4 nitrogen and oxygen atoms in total. The van der Waals surface area contributed by atoms with Crippen LogP contribution in [0.15, 0.2) is 23.1 Å². The number of halogens is 1. The van der Waals surface area contributed by atoms with E-state index in [2.05, 4.69) is 4.72 Å². The summed E-state index contributed by atoms with van der Waals surface area (Å²) < 4.78 is 27.1. The minimum absolute atomic E-state index is 0.00744. The van der Waals surface area contributed by atoms with E-state index in [1.54, 1.807) is 13.0 Å². The van der Waals surface area contributed by atoms with Crippen LogP contribution < -0.4 is 10.5 Å². The molecular weight excluding hydrogens is 304 g/mol. The first kappa shape index (κ1) is 16.4. The molecule has 0 radical (unpaired) electrons. The number of nitrogens with two attached hydrogens (primary N) is 1. The molecule has 0 saturated carbocycles. The van der Waals surface area contributed by atoms with Gasteiger partial charge in [0.25, 0.3) is 0 Å². The predicted molar refractivity (Wildman–Crippen MR) is 82.0 cm³/mol. The summed E-state index contributed by atoms with van der Waals surface area (Å²) in [5.41, 5.74) is 5.97. The van der Waals surface area contributed by atoms with Gasteiger partial charge in [-0.2, -0.15) is 0 Å². The summed E-state index contributed by atoms with van der Waals surface area (Å²) in [6.07, 6.45) is 0. The summed E-state index contributed by atoms with van der Waals surface area (Å²) in [5, 5.41) is 0.142. The molecule has 0 saturated heterocycles. The van der Waals surface area contributed by atoms with E-state index in [1.807, 2.05) is 13.8 Å². The van der Waals surface area contributed by atoms with Gasteiger partial charge in [0.2, 0.25) is 10.0 Å². The van der Waals surface area contributed by atoms with E-state index in [9.17, 15) is 8.42 Å². The molecule has 19 heavy (non-hydrogen) atoms. The van der Waals surface area contributed by atoms with Crippen LogP contribution in [0.2, 0.25) is 5.02 Å². The normalized spacial score (nSPS) is 13.5. The first-order valence-electron chi connectivity index (χ1n) is 5.77. The molecule has 0 fully saturated rings. The Morgan fingerprint density at radius 2 is 1.95 bits per heavy atom. The second-order valence-electron chi connectivity index (χ2n) is 4.66. The van der Waals surface area contributed by atoms with Crippen molar-refractivity contribution in [2.45, 2.75) is 31.7 Å². The number of rotatable bonds is 5. The fraction of sp³-hybridized carbons (Fsp3) is 0.417. The van der Waals surface area contributed by atoms with Crippen molar-refractivity contribution in [1.29, 1.82) is 0 Å². The van der Waals surface area contributed by atoms with Gasteiger partial charge >= 0.3 is 0 Å². The monoisotopic (exact) mass is 320 g/mol. The van der Waals surface area contributed by atoms with Crippen LogP contribution in [0.4, 0.5) is 0 Å². The van der Waals surface area contributed by atoms with Gasteiger partial charge in [-0.3, -0.25) is 0 Å². The summed E-state index contributed by atoms with van der Waals surface area (Å²) in [6, 6.07) is 4.26. The molecule has 0 aliphatic rings. The second-order valence-corrected chi connectivity index (χ2v) is 7.19. The molecular formula is C12H17ClN2O2S2. The van der Waals surface area contributed by atoms with Crippen molar-refractivity contribution in [3.63, 3.8) is 0 Å². The SMILES string of the molecule is CC(C)C(C)NS(=O)(=O)c1cc(C(N)=S)ccc1Cl. The molecule has 0 aliphatic heterocycles. The zero-order valence-corrected chi connectivity index (χ0v) is 13.4. The number of hydrogen-bond donors (Lipinski definition) is 2. The minimum atomic E-state index is -3.69. The maximum Gasteiger partial charge on any atom is 0.242 e. The van der Waals surface area contributed by atoms with Crippen molar-refractivity contribution in [3.05, 3.63) is 28.8 Å². The summed E-state index contributed by atoms with van der Waals surface area (Å²) in [4.78, 5) is 0.122. The van der Waals surface area contributed by atoms with Crippen LogP contribution in [0, 0.1) is 5.92 Å². The maximum atomic E-state index is 12.3. The minimum Gasteiger partial charge on any atom is -0.389 e. The smallest absolute Gasteiger partial charge is 0.242 e. The third-order valence-corrected chi connectivity index (χ3v) is 5.12. The van der Waals surface area contributed by atoms with Crippen molar-refractivity contribution in [2.24, 2.45) is 11.7 Å². The van der Waals surface area contributed by atoms with E-state index < -0.39 is 10.0 Å². The van der Waals surface area contributed by atoms with Crippen LogP contribution in [-0.4, -0.2) is 19.4 Å². The van der Waals surface area contributed by atoms with Crippen molar-refractivity contribution in [2.75, 3.05) is 0 Å². The van der Waals surface area contributed by atoms with Crippen molar-refractivity contribution in [3.8, 4) is 0 Å². The van der Waals surface area contributed by atoms with Gasteiger partial charge in [-0.05, 0) is 25.0 Å². The largest absolute Gasteiger partial charge is 0.389 e. The van der Waals surface area contributed by atoms with Crippen LogP contribution in [0.1, 0.15) is 26.3 Å². The Labute approximate surface area is 124 Å². The second kappa shape index (κ2) is 6.17. The fourth-order valence-corrected chi connectivity index (χ4v) is 3.35. The first-order valence-corrected chi connectivity index (χ1v) is 8.03. The van der Waals surface area contributed by atoms with Crippen molar-refractivity contribution < 1.29 is 8.42 Å². The van der Waals surface area contributed by atoms with Gasteiger partial charge in [0, 0.05) is 11.6 Å². The highest BCUT2D eigenvalue weighted by Crippen LogP contribution is 2.23. The topological polar surface area (TPSA) is 72.2 Å². The Bertz CT molecular complexity index is 585. The Kier molecular flexibility index (Phi) is 5.32. The number of sulfonamides is 1. The zero-order valence-electron chi connectivity index (χ0n) is 11.0. The third kappa shape index (κ3) is 4.14. The molecule has 1 atom stereocenters. The van der Waals surface area contributed by atoms with Crippen molar-refractivity contribution in [1.82, 2.24) is 4.72 Å². The Balaban J connectivity index is 3.21. The van der Waals surface area contributed by atoms with Crippen LogP contribution in [-0.2, 0) is 10.0 Å². The quantitative estimate of drug-likeness (QED) is 0.817. The summed E-state index contributed by atoms with van der Waals surface area (Å²) >= 11 is 10.8.